The predicted molar refractivity (Wildman–Crippen MR) is 72.7 cm³/mol. The van der Waals surface area contributed by atoms with E-state index in [1.165, 1.54) is 12.4 Å². The molecule has 1 aliphatic heterocycles. The molecule has 2 aromatic heterocycles. The standard InChI is InChI=1S/C12H9FIN3O/c13-7-5-15-3-1-6(7)11-10(14)9-8(17-11)2-4-16-12(9)18/h1,3,5,17H,2,4H2,(H,16,18). The molecular formula is C12H9FIN3O. The highest BCUT2D eigenvalue weighted by molar-refractivity contribution is 14.1. The maximum absolute atomic E-state index is 13.7. The van der Waals surface area contributed by atoms with Crippen LogP contribution in [0.1, 0.15) is 16.1 Å². The second-order valence-corrected chi connectivity index (χ2v) is 5.11. The van der Waals surface area contributed by atoms with E-state index in [2.05, 4.69) is 37.9 Å². The maximum Gasteiger partial charge on any atom is 0.254 e. The van der Waals surface area contributed by atoms with Gasteiger partial charge in [-0.2, -0.15) is 0 Å². The Morgan fingerprint density at radius 1 is 1.44 bits per heavy atom. The summed E-state index contributed by atoms with van der Waals surface area (Å²) in [6.45, 7) is 0.612. The van der Waals surface area contributed by atoms with Gasteiger partial charge in [-0.1, -0.05) is 0 Å². The number of hydrogen-bond acceptors (Lipinski definition) is 2. The number of rotatable bonds is 1. The minimum absolute atomic E-state index is 0.0994. The Hall–Kier alpha value is -1.44. The fourth-order valence-corrected chi connectivity index (χ4v) is 3.10. The van der Waals surface area contributed by atoms with Crippen molar-refractivity contribution in [3.05, 3.63) is 39.1 Å². The average Bonchev–Trinajstić information content (AvgIpc) is 2.69. The number of fused-ring (bicyclic) bond motifs is 1. The number of nitrogens with zero attached hydrogens (tertiary/aromatic N) is 1. The number of H-pyrrole nitrogens is 1. The Kier molecular flexibility index (Phi) is 2.81. The number of hydrogen-bond donors (Lipinski definition) is 2. The zero-order chi connectivity index (χ0) is 12.7. The second kappa shape index (κ2) is 4.34. The summed E-state index contributed by atoms with van der Waals surface area (Å²) in [6, 6.07) is 1.60. The summed E-state index contributed by atoms with van der Waals surface area (Å²) in [4.78, 5) is 18.7. The molecule has 2 aromatic rings. The lowest BCUT2D eigenvalue weighted by Gasteiger charge is -2.11. The molecule has 0 saturated heterocycles. The minimum atomic E-state index is -0.394. The first kappa shape index (κ1) is 11.6. The lowest BCUT2D eigenvalue weighted by Crippen LogP contribution is -2.31. The number of aromatic amines is 1. The molecule has 92 valence electrons. The number of halogens is 2. The topological polar surface area (TPSA) is 57.8 Å². The van der Waals surface area contributed by atoms with Gasteiger partial charge in [-0.25, -0.2) is 4.39 Å². The van der Waals surface area contributed by atoms with Crippen LogP contribution >= 0.6 is 22.6 Å². The molecule has 3 heterocycles. The van der Waals surface area contributed by atoms with E-state index in [1.807, 2.05) is 0 Å². The van der Waals surface area contributed by atoms with Crippen molar-refractivity contribution in [3.8, 4) is 11.3 Å². The molecule has 6 heteroatoms. The third-order valence-electron chi connectivity index (χ3n) is 2.95. The molecule has 1 amide bonds. The summed E-state index contributed by atoms with van der Waals surface area (Å²) >= 11 is 2.08. The quantitative estimate of drug-likeness (QED) is 0.769. The zero-order valence-corrected chi connectivity index (χ0v) is 11.4. The van der Waals surface area contributed by atoms with Crippen molar-refractivity contribution in [2.24, 2.45) is 0 Å². The fourth-order valence-electron chi connectivity index (χ4n) is 2.10. The van der Waals surface area contributed by atoms with Crippen molar-refractivity contribution in [3.63, 3.8) is 0 Å². The number of carbonyl (C=O) groups excluding carboxylic acids is 1. The minimum Gasteiger partial charge on any atom is -0.357 e. The first-order valence-electron chi connectivity index (χ1n) is 5.47. The summed E-state index contributed by atoms with van der Waals surface area (Å²) in [7, 11) is 0. The molecule has 0 spiro atoms. The first-order valence-corrected chi connectivity index (χ1v) is 6.55. The first-order chi connectivity index (χ1) is 8.68. The van der Waals surface area contributed by atoms with Gasteiger partial charge >= 0.3 is 0 Å². The third kappa shape index (κ3) is 1.71. The second-order valence-electron chi connectivity index (χ2n) is 4.03. The van der Waals surface area contributed by atoms with Gasteiger partial charge in [0.2, 0.25) is 0 Å². The maximum atomic E-state index is 13.7. The molecule has 2 N–H and O–H groups in total. The van der Waals surface area contributed by atoms with Gasteiger partial charge < -0.3 is 10.3 Å². The smallest absolute Gasteiger partial charge is 0.254 e. The number of amides is 1. The van der Waals surface area contributed by atoms with E-state index >= 15 is 0 Å². The van der Waals surface area contributed by atoms with Gasteiger partial charge in [0.15, 0.2) is 5.82 Å². The predicted octanol–water partition coefficient (Wildman–Crippen LogP) is 2.11. The molecule has 4 nitrogen and oxygen atoms in total. The van der Waals surface area contributed by atoms with Crippen LogP contribution in [0.3, 0.4) is 0 Å². The van der Waals surface area contributed by atoms with Crippen molar-refractivity contribution in [1.82, 2.24) is 15.3 Å². The van der Waals surface area contributed by atoms with Gasteiger partial charge in [-0.3, -0.25) is 9.78 Å². The highest BCUT2D eigenvalue weighted by atomic mass is 127. The Balaban J connectivity index is 2.21. The van der Waals surface area contributed by atoms with Crippen molar-refractivity contribution >= 4 is 28.5 Å². The Morgan fingerprint density at radius 3 is 3.00 bits per heavy atom. The molecule has 3 rings (SSSR count). The molecule has 0 bridgehead atoms. The molecule has 0 fully saturated rings. The van der Waals surface area contributed by atoms with E-state index in [4.69, 9.17) is 0 Å². The summed E-state index contributed by atoms with van der Waals surface area (Å²) in [5, 5.41) is 2.79. The van der Waals surface area contributed by atoms with E-state index in [1.54, 1.807) is 6.07 Å². The molecule has 0 atom stereocenters. The van der Waals surface area contributed by atoms with Crippen LogP contribution in [0.2, 0.25) is 0 Å². The average molecular weight is 357 g/mol. The van der Waals surface area contributed by atoms with Gasteiger partial charge in [0.05, 0.1) is 21.0 Å². The van der Waals surface area contributed by atoms with Gasteiger partial charge in [0.1, 0.15) is 0 Å². The third-order valence-corrected chi connectivity index (χ3v) is 4.02. The van der Waals surface area contributed by atoms with Crippen LogP contribution < -0.4 is 5.32 Å². The van der Waals surface area contributed by atoms with Gasteiger partial charge in [0.25, 0.3) is 5.91 Å². The number of pyridine rings is 1. The highest BCUT2D eigenvalue weighted by Crippen LogP contribution is 2.32. The Labute approximate surface area is 116 Å². The van der Waals surface area contributed by atoms with E-state index in [0.717, 1.165) is 15.7 Å². The number of aromatic nitrogens is 2. The normalized spacial score (nSPS) is 14.2. The largest absolute Gasteiger partial charge is 0.357 e. The molecule has 1 aliphatic rings. The fraction of sp³-hybridized carbons (Fsp3) is 0.167. The lowest BCUT2D eigenvalue weighted by atomic mass is 10.1. The summed E-state index contributed by atoms with van der Waals surface area (Å²) in [5.41, 5.74) is 2.59. The van der Waals surface area contributed by atoms with Crippen LogP contribution in [0, 0.1) is 9.39 Å². The van der Waals surface area contributed by atoms with Crippen molar-refractivity contribution in [1.29, 1.82) is 0 Å². The molecule has 0 unspecified atom stereocenters. The molecule has 0 aromatic carbocycles. The Morgan fingerprint density at radius 2 is 2.28 bits per heavy atom. The number of carbonyl (C=O) groups is 1. The van der Waals surface area contributed by atoms with Crippen LogP contribution in [0.25, 0.3) is 11.3 Å². The van der Waals surface area contributed by atoms with E-state index in [9.17, 15) is 9.18 Å². The molecule has 0 aliphatic carbocycles. The highest BCUT2D eigenvalue weighted by Gasteiger charge is 2.25. The van der Waals surface area contributed by atoms with Crippen LogP contribution in [0.5, 0.6) is 0 Å². The Bertz CT molecular complexity index is 638. The van der Waals surface area contributed by atoms with Crippen LogP contribution in [0.15, 0.2) is 18.5 Å². The molecule has 0 saturated carbocycles. The monoisotopic (exact) mass is 357 g/mol. The van der Waals surface area contributed by atoms with Crippen LogP contribution in [0.4, 0.5) is 4.39 Å². The van der Waals surface area contributed by atoms with Gasteiger partial charge in [-0.15, -0.1) is 0 Å². The van der Waals surface area contributed by atoms with Crippen molar-refractivity contribution < 1.29 is 9.18 Å². The lowest BCUT2D eigenvalue weighted by molar-refractivity contribution is 0.0945. The van der Waals surface area contributed by atoms with Gasteiger partial charge in [-0.05, 0) is 28.7 Å². The number of nitrogens with one attached hydrogen (secondary N) is 2. The summed E-state index contributed by atoms with van der Waals surface area (Å²) in [6.07, 6.45) is 3.45. The zero-order valence-electron chi connectivity index (χ0n) is 9.26. The van der Waals surface area contributed by atoms with Crippen molar-refractivity contribution in [2.75, 3.05) is 6.54 Å². The SMILES string of the molecule is O=C1NCCc2[nH]c(-c3ccncc3F)c(I)c21. The van der Waals surface area contributed by atoms with Crippen molar-refractivity contribution in [2.45, 2.75) is 6.42 Å². The van der Waals surface area contributed by atoms with E-state index < -0.39 is 5.82 Å². The molecule has 18 heavy (non-hydrogen) atoms. The summed E-state index contributed by atoms with van der Waals surface area (Å²) < 4.78 is 14.5. The van der Waals surface area contributed by atoms with Gasteiger partial charge in [0, 0.05) is 30.4 Å². The summed E-state index contributed by atoms with van der Waals surface area (Å²) in [5.74, 6) is -0.493. The van der Waals surface area contributed by atoms with Crippen LogP contribution in [-0.4, -0.2) is 22.4 Å². The van der Waals surface area contributed by atoms with Crippen LogP contribution in [-0.2, 0) is 6.42 Å². The van der Waals surface area contributed by atoms with E-state index in [-0.39, 0.29) is 5.91 Å². The molecular weight excluding hydrogens is 348 g/mol. The van der Waals surface area contributed by atoms with E-state index in [0.29, 0.717) is 23.4 Å². The molecule has 0 radical (unpaired) electrons.